The number of amides is 2. The zero-order valence-electron chi connectivity index (χ0n) is 14.3. The van der Waals surface area contributed by atoms with E-state index in [-0.39, 0.29) is 17.0 Å². The fourth-order valence-corrected chi connectivity index (χ4v) is 2.22. The molecule has 0 aliphatic heterocycles. The van der Waals surface area contributed by atoms with E-state index in [9.17, 15) is 24.8 Å². The van der Waals surface area contributed by atoms with Crippen molar-refractivity contribution in [2.45, 2.75) is 13.0 Å². The van der Waals surface area contributed by atoms with E-state index >= 15 is 0 Å². The first-order valence-electron chi connectivity index (χ1n) is 7.83. The number of aromatic nitrogens is 1. The highest BCUT2D eigenvalue weighted by molar-refractivity contribution is 6.07. The molecule has 0 spiro atoms. The number of hydrazone groups is 1. The largest absolute Gasteiger partial charge is 0.394 e. The molecule has 0 saturated heterocycles. The summed E-state index contributed by atoms with van der Waals surface area (Å²) in [7, 11) is 0. The molecular weight excluding hydrogens is 354 g/mol. The summed E-state index contributed by atoms with van der Waals surface area (Å²) in [5, 5.41) is 26.9. The molecule has 1 atom stereocenters. The predicted molar refractivity (Wildman–Crippen MR) is 96.0 cm³/mol. The molecule has 1 aromatic carbocycles. The van der Waals surface area contributed by atoms with Crippen LogP contribution in [-0.4, -0.2) is 45.2 Å². The number of pyridine rings is 1. The number of aliphatic hydroxyl groups excluding tert-OH is 1. The summed E-state index contributed by atoms with van der Waals surface area (Å²) in [6.07, 6.45) is 2.87. The molecule has 1 aromatic heterocycles. The molecule has 0 bridgehead atoms. The van der Waals surface area contributed by atoms with E-state index in [4.69, 9.17) is 0 Å². The molecule has 0 aliphatic rings. The average molecular weight is 371 g/mol. The lowest BCUT2D eigenvalue weighted by molar-refractivity contribution is -0.384. The van der Waals surface area contributed by atoms with Crippen molar-refractivity contribution in [3.63, 3.8) is 0 Å². The van der Waals surface area contributed by atoms with Crippen LogP contribution in [0.2, 0.25) is 0 Å². The second-order valence-electron chi connectivity index (χ2n) is 5.42. The zero-order valence-corrected chi connectivity index (χ0v) is 14.3. The van der Waals surface area contributed by atoms with Crippen LogP contribution in [0.1, 0.15) is 22.8 Å². The number of carbonyl (C=O) groups is 2. The Morgan fingerprint density at radius 1 is 1.26 bits per heavy atom. The quantitative estimate of drug-likeness (QED) is 0.369. The molecule has 2 aromatic rings. The smallest absolute Gasteiger partial charge is 0.272 e. The highest BCUT2D eigenvalue weighted by Crippen LogP contribution is 2.14. The lowest BCUT2D eigenvalue weighted by Crippen LogP contribution is -2.43. The van der Waals surface area contributed by atoms with Crippen LogP contribution in [0, 0.1) is 10.1 Å². The minimum Gasteiger partial charge on any atom is -0.394 e. The molecule has 3 N–H and O–H groups in total. The van der Waals surface area contributed by atoms with E-state index in [1.54, 1.807) is 12.1 Å². The number of aliphatic hydroxyl groups is 1. The van der Waals surface area contributed by atoms with Gasteiger partial charge in [0.25, 0.3) is 11.6 Å². The third kappa shape index (κ3) is 5.41. The molecule has 1 unspecified atom stereocenters. The Morgan fingerprint density at radius 3 is 2.48 bits per heavy atom. The number of nitro groups is 1. The first-order chi connectivity index (χ1) is 12.9. The van der Waals surface area contributed by atoms with Crippen LogP contribution in [0.4, 0.5) is 5.69 Å². The molecule has 140 valence electrons. The summed E-state index contributed by atoms with van der Waals surface area (Å²) in [4.78, 5) is 37.6. The highest BCUT2D eigenvalue weighted by Gasteiger charge is 2.20. The number of hydrogen-bond donors (Lipinski definition) is 3. The summed E-state index contributed by atoms with van der Waals surface area (Å²) >= 11 is 0. The molecule has 0 saturated carbocycles. The molecule has 27 heavy (non-hydrogen) atoms. The van der Waals surface area contributed by atoms with E-state index in [0.29, 0.717) is 5.56 Å². The first-order valence-corrected chi connectivity index (χ1v) is 7.83. The van der Waals surface area contributed by atoms with Crippen molar-refractivity contribution in [3.8, 4) is 0 Å². The Kier molecular flexibility index (Phi) is 6.67. The molecule has 0 aliphatic carbocycles. The topological polar surface area (TPSA) is 147 Å². The molecule has 1 heterocycles. The maximum atomic E-state index is 12.2. The van der Waals surface area contributed by atoms with Crippen LogP contribution in [0.5, 0.6) is 0 Å². The van der Waals surface area contributed by atoms with Gasteiger partial charge < -0.3 is 10.4 Å². The Bertz CT molecular complexity index is 852. The van der Waals surface area contributed by atoms with Crippen LogP contribution >= 0.6 is 0 Å². The van der Waals surface area contributed by atoms with Crippen LogP contribution < -0.4 is 10.7 Å². The van der Waals surface area contributed by atoms with E-state index in [0.717, 1.165) is 0 Å². The van der Waals surface area contributed by atoms with Gasteiger partial charge in [-0.05, 0) is 24.3 Å². The Labute approximate surface area is 154 Å². The maximum absolute atomic E-state index is 12.2. The second kappa shape index (κ2) is 9.15. The van der Waals surface area contributed by atoms with E-state index in [2.05, 4.69) is 20.8 Å². The Hall–Kier alpha value is -3.66. The Balaban J connectivity index is 2.34. The van der Waals surface area contributed by atoms with Gasteiger partial charge in [-0.3, -0.25) is 24.7 Å². The van der Waals surface area contributed by atoms with Gasteiger partial charge in [-0.1, -0.05) is 0 Å². The lowest BCUT2D eigenvalue weighted by Gasteiger charge is -2.18. The van der Waals surface area contributed by atoms with Gasteiger partial charge >= 0.3 is 0 Å². The van der Waals surface area contributed by atoms with Crippen molar-refractivity contribution in [3.05, 3.63) is 70.0 Å². The monoisotopic (exact) mass is 371 g/mol. The minimum atomic E-state index is -0.918. The van der Waals surface area contributed by atoms with Gasteiger partial charge in [-0.2, -0.15) is 5.10 Å². The van der Waals surface area contributed by atoms with E-state index in [1.807, 2.05) is 0 Å². The molecule has 2 rings (SSSR count). The standard InChI is InChI=1S/C17H17N5O5/c1-11(24)19-15(10-23)16(12-4-6-14(7-5-12)22(26)27)20-21-17(25)13-3-2-8-18-9-13/h2-9,15,23H,10H2,1H3,(H,19,24)(H,21,25)/b20-16-. The average Bonchev–Trinajstić information content (AvgIpc) is 2.67. The number of hydrogen-bond acceptors (Lipinski definition) is 7. The van der Waals surface area contributed by atoms with Gasteiger partial charge in [0, 0.05) is 37.0 Å². The lowest BCUT2D eigenvalue weighted by atomic mass is 10.0. The van der Waals surface area contributed by atoms with Crippen LogP contribution in [0.25, 0.3) is 0 Å². The third-order valence-electron chi connectivity index (χ3n) is 3.47. The van der Waals surface area contributed by atoms with Gasteiger partial charge in [-0.25, -0.2) is 5.43 Å². The number of nitrogens with one attached hydrogen (secondary N) is 2. The number of benzene rings is 1. The summed E-state index contributed by atoms with van der Waals surface area (Å²) < 4.78 is 0. The first kappa shape index (κ1) is 19.7. The second-order valence-corrected chi connectivity index (χ2v) is 5.42. The van der Waals surface area contributed by atoms with Gasteiger partial charge in [0.05, 0.1) is 28.8 Å². The molecular formula is C17H17N5O5. The van der Waals surface area contributed by atoms with Gasteiger partial charge in [0.2, 0.25) is 5.91 Å². The van der Waals surface area contributed by atoms with Crippen molar-refractivity contribution in [1.29, 1.82) is 0 Å². The Morgan fingerprint density at radius 2 is 1.96 bits per heavy atom. The van der Waals surface area contributed by atoms with Gasteiger partial charge in [0.1, 0.15) is 0 Å². The van der Waals surface area contributed by atoms with Crippen LogP contribution in [0.15, 0.2) is 53.9 Å². The van der Waals surface area contributed by atoms with Crippen molar-refractivity contribution < 1.29 is 19.6 Å². The van der Waals surface area contributed by atoms with Gasteiger partial charge in [0.15, 0.2) is 0 Å². The van der Waals surface area contributed by atoms with Crippen molar-refractivity contribution in [2.24, 2.45) is 5.10 Å². The van der Waals surface area contributed by atoms with Crippen LogP contribution in [-0.2, 0) is 4.79 Å². The maximum Gasteiger partial charge on any atom is 0.272 e. The van der Waals surface area contributed by atoms with Crippen LogP contribution in [0.3, 0.4) is 0 Å². The molecule has 10 nitrogen and oxygen atoms in total. The summed E-state index contributed by atoms with van der Waals surface area (Å²) in [5.74, 6) is -0.954. The number of rotatable bonds is 7. The highest BCUT2D eigenvalue weighted by atomic mass is 16.6. The summed E-state index contributed by atoms with van der Waals surface area (Å²) in [6.45, 7) is 0.780. The third-order valence-corrected chi connectivity index (χ3v) is 3.47. The summed E-state index contributed by atoms with van der Waals surface area (Å²) in [6, 6.07) is 7.56. The normalized spacial score (nSPS) is 12.1. The minimum absolute atomic E-state index is 0.127. The van der Waals surface area contributed by atoms with Crippen molar-refractivity contribution in [2.75, 3.05) is 6.61 Å². The van der Waals surface area contributed by atoms with E-state index in [1.165, 1.54) is 43.6 Å². The fraction of sp³-hybridized carbons (Fsp3) is 0.176. The predicted octanol–water partition coefficient (Wildman–Crippen LogP) is 0.621. The molecule has 0 radical (unpaired) electrons. The number of nitro benzene ring substituents is 1. The van der Waals surface area contributed by atoms with Crippen molar-refractivity contribution >= 4 is 23.2 Å². The zero-order chi connectivity index (χ0) is 19.8. The SMILES string of the molecule is CC(=O)NC(CO)/C(=N\NC(=O)c1cccnc1)c1ccc([N+](=O)[O-])cc1. The fourth-order valence-electron chi connectivity index (χ4n) is 2.22. The van der Waals surface area contributed by atoms with Crippen molar-refractivity contribution in [1.82, 2.24) is 15.7 Å². The number of carbonyl (C=O) groups excluding carboxylic acids is 2. The molecule has 10 heteroatoms. The van der Waals surface area contributed by atoms with E-state index < -0.39 is 29.4 Å². The molecule has 2 amide bonds. The van der Waals surface area contributed by atoms with Gasteiger partial charge in [-0.15, -0.1) is 0 Å². The molecule has 0 fully saturated rings. The summed E-state index contributed by atoms with van der Waals surface area (Å²) in [5.41, 5.74) is 3.00. The number of non-ortho nitro benzene ring substituents is 1. The number of nitrogens with zero attached hydrogens (tertiary/aromatic N) is 3.